The van der Waals surface area contributed by atoms with Crippen LogP contribution in [0.5, 0.6) is 0 Å². The molecule has 4 rings (SSSR count). The van der Waals surface area contributed by atoms with Crippen molar-refractivity contribution in [3.63, 3.8) is 0 Å². The number of nitrogens with zero attached hydrogens (tertiary/aromatic N) is 1. The first-order valence-corrected chi connectivity index (χ1v) is 9.32. The Kier molecular flexibility index (Phi) is 5.63. The summed E-state index contributed by atoms with van der Waals surface area (Å²) in [6, 6.07) is 10.2. The standard InChI is InChI=1S/C21H23N3O3.ClH/c1-3-12-10-15(21(26)27)20(25)23-19(12)13-6-7-17-14(9-13)11-18(24(17)2)16-5-4-8-22-16;/h6-7,9-11,16,22H,3-5,8H2,1-2H3,(H,23,25)(H,26,27);1H. The summed E-state index contributed by atoms with van der Waals surface area (Å²) in [4.78, 5) is 26.2. The van der Waals surface area contributed by atoms with E-state index in [1.807, 2.05) is 13.0 Å². The fourth-order valence-electron chi connectivity index (χ4n) is 4.07. The molecule has 28 heavy (non-hydrogen) atoms. The van der Waals surface area contributed by atoms with Crippen LogP contribution in [-0.2, 0) is 13.5 Å². The van der Waals surface area contributed by atoms with Crippen LogP contribution in [0.15, 0.2) is 35.1 Å². The minimum Gasteiger partial charge on any atom is -0.477 e. The second-order valence-electron chi connectivity index (χ2n) is 7.12. The third-order valence-corrected chi connectivity index (χ3v) is 5.52. The summed E-state index contributed by atoms with van der Waals surface area (Å²) in [5, 5.41) is 13.9. The number of H-pyrrole nitrogens is 1. The number of rotatable bonds is 4. The molecule has 6 nitrogen and oxygen atoms in total. The Labute approximate surface area is 169 Å². The maximum absolute atomic E-state index is 12.2. The van der Waals surface area contributed by atoms with Crippen molar-refractivity contribution in [3.05, 3.63) is 57.5 Å². The average Bonchev–Trinajstić information content (AvgIpc) is 3.29. The molecular formula is C21H24ClN3O3. The van der Waals surface area contributed by atoms with Gasteiger partial charge in [0.25, 0.3) is 5.56 Å². The Morgan fingerprint density at radius 1 is 1.29 bits per heavy atom. The van der Waals surface area contributed by atoms with Crippen molar-refractivity contribution in [2.45, 2.75) is 32.2 Å². The topological polar surface area (TPSA) is 87.1 Å². The zero-order chi connectivity index (χ0) is 19.1. The average molecular weight is 402 g/mol. The second-order valence-corrected chi connectivity index (χ2v) is 7.12. The summed E-state index contributed by atoms with van der Waals surface area (Å²) < 4.78 is 2.22. The fraction of sp³-hybridized carbons (Fsp3) is 0.333. The Morgan fingerprint density at radius 2 is 2.07 bits per heavy atom. The van der Waals surface area contributed by atoms with Crippen LogP contribution >= 0.6 is 12.4 Å². The third kappa shape index (κ3) is 3.34. The van der Waals surface area contributed by atoms with Crippen molar-refractivity contribution < 1.29 is 9.90 Å². The number of aromatic amines is 1. The van der Waals surface area contributed by atoms with Gasteiger partial charge in [0.15, 0.2) is 0 Å². The number of aryl methyl sites for hydroxylation is 2. The van der Waals surface area contributed by atoms with Crippen molar-refractivity contribution in [3.8, 4) is 11.3 Å². The van der Waals surface area contributed by atoms with E-state index in [4.69, 9.17) is 0 Å². The number of aromatic carboxylic acids is 1. The molecule has 0 spiro atoms. The third-order valence-electron chi connectivity index (χ3n) is 5.52. The normalized spacial score (nSPS) is 16.3. The van der Waals surface area contributed by atoms with Crippen LogP contribution in [0.2, 0.25) is 0 Å². The van der Waals surface area contributed by atoms with Crippen LogP contribution < -0.4 is 10.9 Å². The molecule has 0 radical (unpaired) electrons. The van der Waals surface area contributed by atoms with Gasteiger partial charge in [-0.3, -0.25) is 4.79 Å². The molecule has 1 unspecified atom stereocenters. The molecule has 2 aromatic heterocycles. The Morgan fingerprint density at radius 3 is 2.71 bits per heavy atom. The molecule has 1 aliphatic heterocycles. The lowest BCUT2D eigenvalue weighted by atomic mass is 10.0. The lowest BCUT2D eigenvalue weighted by Crippen LogP contribution is -2.19. The van der Waals surface area contributed by atoms with Gasteiger partial charge in [-0.1, -0.05) is 13.0 Å². The number of carbonyl (C=O) groups is 1. The van der Waals surface area contributed by atoms with E-state index in [0.717, 1.165) is 35.0 Å². The van der Waals surface area contributed by atoms with Crippen LogP contribution in [0.1, 0.15) is 47.4 Å². The molecule has 3 aromatic rings. The van der Waals surface area contributed by atoms with Gasteiger partial charge in [-0.25, -0.2) is 4.79 Å². The summed E-state index contributed by atoms with van der Waals surface area (Å²) in [6.45, 7) is 3.00. The monoisotopic (exact) mass is 401 g/mol. The minimum atomic E-state index is -1.20. The number of carboxylic acid groups (broad SMARTS) is 1. The summed E-state index contributed by atoms with van der Waals surface area (Å²) in [7, 11) is 2.08. The quantitative estimate of drug-likeness (QED) is 0.622. The summed E-state index contributed by atoms with van der Waals surface area (Å²) in [5.41, 5.74) is 4.03. The molecule has 1 saturated heterocycles. The predicted octanol–water partition coefficient (Wildman–Crippen LogP) is 3.64. The molecule has 3 heterocycles. The van der Waals surface area contributed by atoms with Crippen LogP contribution in [0.4, 0.5) is 0 Å². The van der Waals surface area contributed by atoms with E-state index in [2.05, 4.69) is 40.1 Å². The van der Waals surface area contributed by atoms with Crippen molar-refractivity contribution in [2.24, 2.45) is 7.05 Å². The van der Waals surface area contributed by atoms with Crippen molar-refractivity contribution in [2.75, 3.05) is 6.54 Å². The lowest BCUT2D eigenvalue weighted by molar-refractivity contribution is 0.0695. The Balaban J connectivity index is 0.00000225. The van der Waals surface area contributed by atoms with Crippen molar-refractivity contribution in [1.82, 2.24) is 14.9 Å². The van der Waals surface area contributed by atoms with Crippen LogP contribution in [-0.4, -0.2) is 27.2 Å². The van der Waals surface area contributed by atoms with E-state index in [0.29, 0.717) is 18.2 Å². The second kappa shape index (κ2) is 7.81. The zero-order valence-corrected chi connectivity index (χ0v) is 16.7. The van der Waals surface area contributed by atoms with E-state index in [1.165, 1.54) is 18.2 Å². The minimum absolute atomic E-state index is 0. The molecule has 1 atom stereocenters. The Hall–Kier alpha value is -2.57. The highest BCUT2D eigenvalue weighted by molar-refractivity contribution is 5.89. The van der Waals surface area contributed by atoms with Crippen LogP contribution in [0.25, 0.3) is 22.2 Å². The molecule has 1 fully saturated rings. The molecule has 3 N–H and O–H groups in total. The lowest BCUT2D eigenvalue weighted by Gasteiger charge is -2.12. The fourth-order valence-corrected chi connectivity index (χ4v) is 4.07. The van der Waals surface area contributed by atoms with Gasteiger partial charge in [0.2, 0.25) is 0 Å². The predicted molar refractivity (Wildman–Crippen MR) is 113 cm³/mol. The van der Waals surface area contributed by atoms with E-state index in [-0.39, 0.29) is 18.0 Å². The Bertz CT molecular complexity index is 1090. The highest BCUT2D eigenvalue weighted by atomic mass is 35.5. The number of nitrogens with one attached hydrogen (secondary N) is 2. The van der Waals surface area contributed by atoms with Gasteiger partial charge >= 0.3 is 5.97 Å². The number of pyridine rings is 1. The molecule has 1 aromatic carbocycles. The first-order valence-electron chi connectivity index (χ1n) is 9.32. The number of aromatic nitrogens is 2. The molecule has 7 heteroatoms. The smallest absolute Gasteiger partial charge is 0.341 e. The van der Waals surface area contributed by atoms with E-state index < -0.39 is 11.5 Å². The molecule has 0 bridgehead atoms. The number of carboxylic acids is 1. The van der Waals surface area contributed by atoms with Crippen molar-refractivity contribution in [1.29, 1.82) is 0 Å². The van der Waals surface area contributed by atoms with E-state index >= 15 is 0 Å². The number of halogens is 1. The zero-order valence-electron chi connectivity index (χ0n) is 15.9. The molecular weight excluding hydrogens is 378 g/mol. The maximum atomic E-state index is 12.2. The van der Waals surface area contributed by atoms with Gasteiger partial charge < -0.3 is 20.0 Å². The van der Waals surface area contributed by atoms with Gasteiger partial charge in [0.05, 0.1) is 5.69 Å². The molecule has 0 aliphatic carbocycles. The van der Waals surface area contributed by atoms with E-state index in [9.17, 15) is 14.7 Å². The van der Waals surface area contributed by atoms with Crippen LogP contribution in [0.3, 0.4) is 0 Å². The first-order chi connectivity index (χ1) is 13.0. The molecule has 148 valence electrons. The van der Waals surface area contributed by atoms with Gasteiger partial charge in [-0.15, -0.1) is 12.4 Å². The van der Waals surface area contributed by atoms with Gasteiger partial charge in [-0.2, -0.15) is 0 Å². The number of hydrogen-bond donors (Lipinski definition) is 3. The summed E-state index contributed by atoms with van der Waals surface area (Å²) >= 11 is 0. The van der Waals surface area contributed by atoms with Gasteiger partial charge in [0, 0.05) is 29.7 Å². The van der Waals surface area contributed by atoms with Gasteiger partial charge in [0.1, 0.15) is 5.56 Å². The number of hydrogen-bond acceptors (Lipinski definition) is 3. The number of fused-ring (bicyclic) bond motifs is 1. The summed E-state index contributed by atoms with van der Waals surface area (Å²) in [5.74, 6) is -1.20. The molecule has 1 aliphatic rings. The van der Waals surface area contributed by atoms with Crippen molar-refractivity contribution >= 4 is 29.3 Å². The highest BCUT2D eigenvalue weighted by Crippen LogP contribution is 2.31. The van der Waals surface area contributed by atoms with Crippen LogP contribution in [0, 0.1) is 0 Å². The number of benzene rings is 1. The largest absolute Gasteiger partial charge is 0.477 e. The maximum Gasteiger partial charge on any atom is 0.341 e. The molecule has 0 amide bonds. The SMILES string of the molecule is CCc1cc(C(=O)O)c(=O)[nH]c1-c1ccc2c(c1)cc(C1CCCN1)n2C.Cl. The van der Waals surface area contributed by atoms with E-state index in [1.54, 1.807) is 0 Å². The van der Waals surface area contributed by atoms with Gasteiger partial charge in [-0.05, 0) is 61.2 Å². The summed E-state index contributed by atoms with van der Waals surface area (Å²) in [6.07, 6.45) is 2.96. The highest BCUT2D eigenvalue weighted by Gasteiger charge is 2.21. The molecule has 0 saturated carbocycles. The first kappa shape index (κ1) is 20.2.